The molecule has 0 unspecified atom stereocenters. The molecular formula is C7H9N3O3S. The molecule has 1 amide bonds. The monoisotopic (exact) mass is 215 g/mol. The van der Waals surface area contributed by atoms with E-state index in [-0.39, 0.29) is 10.6 Å². The molecule has 0 fully saturated rings. The standard InChI is InChI=1S/C7H9N3O3S/c1-9-14(12,13)7-5(6(8)11)3-2-4-10-7/h2-4,9H,1H3,(H2,8,11). The van der Waals surface area contributed by atoms with Crippen LogP contribution >= 0.6 is 0 Å². The van der Waals surface area contributed by atoms with Crippen molar-refractivity contribution in [2.75, 3.05) is 7.05 Å². The molecule has 0 aromatic carbocycles. The van der Waals surface area contributed by atoms with Gasteiger partial charge in [-0.3, -0.25) is 4.79 Å². The predicted molar refractivity (Wildman–Crippen MR) is 49.0 cm³/mol. The molecule has 0 atom stereocenters. The molecule has 0 saturated carbocycles. The van der Waals surface area contributed by atoms with Crippen LogP contribution in [-0.4, -0.2) is 26.4 Å². The van der Waals surface area contributed by atoms with Gasteiger partial charge in [-0.15, -0.1) is 0 Å². The Kier molecular flexibility index (Phi) is 2.82. The molecule has 14 heavy (non-hydrogen) atoms. The predicted octanol–water partition coefficient (Wildman–Crippen LogP) is -0.911. The first-order valence-electron chi connectivity index (χ1n) is 3.67. The summed E-state index contributed by atoms with van der Waals surface area (Å²) in [7, 11) is -2.50. The van der Waals surface area contributed by atoms with E-state index in [9.17, 15) is 13.2 Å². The average Bonchev–Trinajstić information content (AvgIpc) is 2.18. The van der Waals surface area contributed by atoms with Gasteiger partial charge in [0.2, 0.25) is 0 Å². The van der Waals surface area contributed by atoms with Gasteiger partial charge in [0.1, 0.15) is 0 Å². The lowest BCUT2D eigenvalue weighted by Crippen LogP contribution is -2.24. The van der Waals surface area contributed by atoms with Crippen molar-refractivity contribution in [3.63, 3.8) is 0 Å². The molecule has 0 saturated heterocycles. The van der Waals surface area contributed by atoms with E-state index in [0.29, 0.717) is 0 Å². The highest BCUT2D eigenvalue weighted by Crippen LogP contribution is 2.10. The number of hydrogen-bond acceptors (Lipinski definition) is 4. The number of carbonyl (C=O) groups is 1. The van der Waals surface area contributed by atoms with Crippen LogP contribution < -0.4 is 10.5 Å². The Bertz CT molecular complexity index is 455. The van der Waals surface area contributed by atoms with Crippen molar-refractivity contribution in [1.29, 1.82) is 0 Å². The molecule has 0 aliphatic carbocycles. The second kappa shape index (κ2) is 3.72. The molecule has 1 rings (SSSR count). The van der Waals surface area contributed by atoms with Crippen LogP contribution in [-0.2, 0) is 10.0 Å². The van der Waals surface area contributed by atoms with Gasteiger partial charge < -0.3 is 5.73 Å². The van der Waals surface area contributed by atoms with E-state index < -0.39 is 15.9 Å². The number of primary amides is 1. The number of aromatic nitrogens is 1. The normalized spacial score (nSPS) is 11.2. The van der Waals surface area contributed by atoms with Gasteiger partial charge in [0.15, 0.2) is 5.03 Å². The number of amides is 1. The highest BCUT2D eigenvalue weighted by atomic mass is 32.2. The van der Waals surface area contributed by atoms with E-state index in [1.54, 1.807) is 0 Å². The average molecular weight is 215 g/mol. The fourth-order valence-corrected chi connectivity index (χ4v) is 1.74. The summed E-state index contributed by atoms with van der Waals surface area (Å²) >= 11 is 0. The molecule has 7 heteroatoms. The summed E-state index contributed by atoms with van der Waals surface area (Å²) in [5, 5.41) is -0.352. The van der Waals surface area contributed by atoms with Gasteiger partial charge in [0.25, 0.3) is 15.9 Å². The first-order chi connectivity index (χ1) is 6.49. The van der Waals surface area contributed by atoms with Crippen molar-refractivity contribution >= 4 is 15.9 Å². The second-order valence-corrected chi connectivity index (χ2v) is 4.23. The zero-order valence-electron chi connectivity index (χ0n) is 7.39. The summed E-state index contributed by atoms with van der Waals surface area (Å²) < 4.78 is 24.7. The van der Waals surface area contributed by atoms with Gasteiger partial charge in [-0.1, -0.05) is 0 Å². The van der Waals surface area contributed by atoms with Crippen LogP contribution in [0.3, 0.4) is 0 Å². The largest absolute Gasteiger partial charge is 0.366 e. The van der Waals surface area contributed by atoms with Gasteiger partial charge in [0, 0.05) is 6.20 Å². The van der Waals surface area contributed by atoms with Crippen molar-refractivity contribution in [3.8, 4) is 0 Å². The molecular weight excluding hydrogens is 206 g/mol. The lowest BCUT2D eigenvalue weighted by atomic mass is 10.3. The maximum Gasteiger partial charge on any atom is 0.258 e. The third kappa shape index (κ3) is 1.88. The topological polar surface area (TPSA) is 102 Å². The van der Waals surface area contributed by atoms with Crippen LogP contribution in [0.5, 0.6) is 0 Å². The summed E-state index contributed by atoms with van der Waals surface area (Å²) in [6, 6.07) is 2.74. The van der Waals surface area contributed by atoms with Crippen molar-refractivity contribution in [2.45, 2.75) is 5.03 Å². The van der Waals surface area contributed by atoms with Crippen molar-refractivity contribution in [3.05, 3.63) is 23.9 Å². The van der Waals surface area contributed by atoms with Gasteiger partial charge in [0.05, 0.1) is 5.56 Å². The Morgan fingerprint density at radius 2 is 2.21 bits per heavy atom. The van der Waals surface area contributed by atoms with Crippen molar-refractivity contribution in [1.82, 2.24) is 9.71 Å². The molecule has 1 aromatic heterocycles. The zero-order chi connectivity index (χ0) is 10.8. The molecule has 1 aromatic rings. The lowest BCUT2D eigenvalue weighted by Gasteiger charge is -2.04. The van der Waals surface area contributed by atoms with Gasteiger partial charge in [-0.25, -0.2) is 18.1 Å². The van der Waals surface area contributed by atoms with E-state index in [4.69, 9.17) is 5.73 Å². The first-order valence-corrected chi connectivity index (χ1v) is 5.15. The minimum absolute atomic E-state index is 0.123. The van der Waals surface area contributed by atoms with E-state index >= 15 is 0 Å². The summed E-state index contributed by atoms with van der Waals surface area (Å²) in [6.45, 7) is 0. The number of hydrogen-bond donors (Lipinski definition) is 2. The minimum atomic E-state index is -3.74. The minimum Gasteiger partial charge on any atom is -0.366 e. The number of carbonyl (C=O) groups excluding carboxylic acids is 1. The quantitative estimate of drug-likeness (QED) is 0.681. The Labute approximate surface area is 81.2 Å². The molecule has 3 N–H and O–H groups in total. The molecule has 0 spiro atoms. The number of nitrogens with two attached hydrogens (primary N) is 1. The Morgan fingerprint density at radius 3 is 2.71 bits per heavy atom. The molecule has 1 heterocycles. The van der Waals surface area contributed by atoms with E-state index in [1.807, 2.05) is 0 Å². The Balaban J connectivity index is 3.42. The summed E-state index contributed by atoms with van der Waals surface area (Å²) in [5.74, 6) is -0.827. The fraction of sp³-hybridized carbons (Fsp3) is 0.143. The van der Waals surface area contributed by atoms with Crippen LogP contribution in [0.4, 0.5) is 0 Å². The SMILES string of the molecule is CNS(=O)(=O)c1ncccc1C(N)=O. The van der Waals surface area contributed by atoms with Crippen LogP contribution in [0.1, 0.15) is 10.4 Å². The fourth-order valence-electron chi connectivity index (χ4n) is 0.889. The van der Waals surface area contributed by atoms with Crippen LogP contribution in [0, 0.1) is 0 Å². The van der Waals surface area contributed by atoms with Crippen LogP contribution in [0.2, 0.25) is 0 Å². The number of sulfonamides is 1. The van der Waals surface area contributed by atoms with E-state index in [2.05, 4.69) is 9.71 Å². The van der Waals surface area contributed by atoms with Crippen molar-refractivity contribution < 1.29 is 13.2 Å². The van der Waals surface area contributed by atoms with Gasteiger partial charge in [-0.2, -0.15) is 0 Å². The molecule has 6 nitrogen and oxygen atoms in total. The lowest BCUT2D eigenvalue weighted by molar-refractivity contribution is 0.0996. The van der Waals surface area contributed by atoms with Crippen molar-refractivity contribution in [2.24, 2.45) is 5.73 Å². The number of nitrogens with zero attached hydrogens (tertiary/aromatic N) is 1. The van der Waals surface area contributed by atoms with Crippen LogP contribution in [0.25, 0.3) is 0 Å². The molecule has 0 bridgehead atoms. The van der Waals surface area contributed by atoms with E-state index in [1.165, 1.54) is 25.4 Å². The molecule has 0 aliphatic rings. The van der Waals surface area contributed by atoms with Crippen LogP contribution in [0.15, 0.2) is 23.4 Å². The summed E-state index contributed by atoms with van der Waals surface area (Å²) in [6.07, 6.45) is 1.27. The molecule has 0 radical (unpaired) electrons. The number of nitrogens with one attached hydrogen (secondary N) is 1. The molecule has 0 aliphatic heterocycles. The number of rotatable bonds is 3. The zero-order valence-corrected chi connectivity index (χ0v) is 8.21. The number of pyridine rings is 1. The maximum absolute atomic E-state index is 11.3. The first kappa shape index (κ1) is 10.6. The van der Waals surface area contributed by atoms with Gasteiger partial charge >= 0.3 is 0 Å². The highest BCUT2D eigenvalue weighted by Gasteiger charge is 2.20. The second-order valence-electron chi connectivity index (χ2n) is 2.43. The highest BCUT2D eigenvalue weighted by molar-refractivity contribution is 7.89. The van der Waals surface area contributed by atoms with Gasteiger partial charge in [-0.05, 0) is 19.2 Å². The Hall–Kier alpha value is -1.47. The third-order valence-corrected chi connectivity index (χ3v) is 2.93. The Morgan fingerprint density at radius 1 is 1.57 bits per heavy atom. The molecule has 76 valence electrons. The summed E-state index contributed by atoms with van der Waals surface area (Å²) in [5.41, 5.74) is 4.87. The summed E-state index contributed by atoms with van der Waals surface area (Å²) in [4.78, 5) is 14.5. The third-order valence-electron chi connectivity index (χ3n) is 1.56. The maximum atomic E-state index is 11.3. The smallest absolute Gasteiger partial charge is 0.258 e. The van der Waals surface area contributed by atoms with E-state index in [0.717, 1.165) is 0 Å².